The fourth-order valence-corrected chi connectivity index (χ4v) is 4.34. The monoisotopic (exact) mass is 329 g/mol. The number of thiazole rings is 1. The van der Waals surface area contributed by atoms with Gasteiger partial charge in [-0.25, -0.2) is 4.98 Å². The van der Waals surface area contributed by atoms with E-state index in [1.165, 1.54) is 16.9 Å². The minimum atomic E-state index is -0.289. The highest BCUT2D eigenvalue weighted by molar-refractivity contribution is 7.07. The van der Waals surface area contributed by atoms with Crippen LogP contribution in [0.25, 0.3) is 0 Å². The number of rotatable bonds is 3. The number of aromatic nitrogens is 2. The fraction of sp³-hybridized carbons (Fsp3) is 0.471. The van der Waals surface area contributed by atoms with E-state index in [-0.39, 0.29) is 23.5 Å². The molecule has 1 amide bonds. The molecule has 3 heterocycles. The van der Waals surface area contributed by atoms with Gasteiger partial charge in [0, 0.05) is 30.2 Å². The second-order valence-electron chi connectivity index (χ2n) is 6.39. The summed E-state index contributed by atoms with van der Waals surface area (Å²) in [6.07, 6.45) is 5.42. The van der Waals surface area contributed by atoms with Crippen LogP contribution in [0.1, 0.15) is 42.1 Å². The Kier molecular flexibility index (Phi) is 3.77. The van der Waals surface area contributed by atoms with Crippen LogP contribution in [0.2, 0.25) is 0 Å². The molecule has 2 aromatic heterocycles. The van der Waals surface area contributed by atoms with Crippen LogP contribution >= 0.6 is 11.3 Å². The number of aryl methyl sites for hydroxylation is 1. The van der Waals surface area contributed by atoms with Gasteiger partial charge in [0.25, 0.3) is 0 Å². The van der Waals surface area contributed by atoms with Crippen molar-refractivity contribution in [3.8, 4) is 0 Å². The molecule has 2 unspecified atom stereocenters. The van der Waals surface area contributed by atoms with Crippen LogP contribution < -0.4 is 5.32 Å². The van der Waals surface area contributed by atoms with Crippen molar-refractivity contribution in [1.82, 2.24) is 14.9 Å². The van der Waals surface area contributed by atoms with Crippen molar-refractivity contribution >= 4 is 23.0 Å². The molecule has 0 fully saturated rings. The summed E-state index contributed by atoms with van der Waals surface area (Å²) in [6.45, 7) is 1.03. The van der Waals surface area contributed by atoms with Crippen molar-refractivity contribution in [1.29, 1.82) is 0 Å². The second kappa shape index (κ2) is 5.92. The highest BCUT2D eigenvalue weighted by atomic mass is 32.1. The topological polar surface area (TPSA) is 64.0 Å². The number of carbonyl (C=O) groups is 2. The zero-order valence-corrected chi connectivity index (χ0v) is 13.6. The van der Waals surface area contributed by atoms with Gasteiger partial charge < -0.3 is 9.88 Å². The summed E-state index contributed by atoms with van der Waals surface area (Å²) in [6, 6.07) is 2.12. The number of nitrogens with zero attached hydrogens (tertiary/aromatic N) is 2. The molecule has 1 N–H and O–H groups in total. The zero-order valence-electron chi connectivity index (χ0n) is 12.8. The molecule has 0 radical (unpaired) electrons. The predicted octanol–water partition coefficient (Wildman–Crippen LogP) is 2.27. The number of Topliss-reactive ketones (excluding diaryl/α,β-unsaturated/α-hetero) is 1. The number of nitrogens with one attached hydrogen (secondary N) is 1. The van der Waals surface area contributed by atoms with E-state index in [1.54, 1.807) is 5.51 Å². The first-order valence-corrected chi connectivity index (χ1v) is 9.02. The minimum absolute atomic E-state index is 0.00918. The van der Waals surface area contributed by atoms with Crippen molar-refractivity contribution in [2.75, 3.05) is 0 Å². The van der Waals surface area contributed by atoms with Crippen LogP contribution in [0.4, 0.5) is 0 Å². The lowest BCUT2D eigenvalue weighted by molar-refractivity contribution is -0.130. The van der Waals surface area contributed by atoms with Crippen LogP contribution in [-0.2, 0) is 29.1 Å². The molecule has 4 rings (SSSR count). The molecule has 2 atom stereocenters. The van der Waals surface area contributed by atoms with Crippen molar-refractivity contribution in [3.63, 3.8) is 0 Å². The minimum Gasteiger partial charge on any atom is -0.350 e. The number of hydrogen-bond acceptors (Lipinski definition) is 4. The third-order valence-corrected chi connectivity index (χ3v) is 5.55. The molecule has 0 bridgehead atoms. The van der Waals surface area contributed by atoms with Crippen LogP contribution in [-0.4, -0.2) is 21.2 Å². The maximum atomic E-state index is 12.6. The van der Waals surface area contributed by atoms with Crippen LogP contribution in [0.5, 0.6) is 0 Å². The standard InChI is InChI=1S/C17H19N3O2S/c21-15-6-12(17(22)18-7-13-9-23-10-19-13)8-20-5-4-11-2-1-3-14(15)16(11)20/h4-5,9-10,12,14H,1-3,6-8H2,(H,18,22). The molecular weight excluding hydrogens is 310 g/mol. The lowest BCUT2D eigenvalue weighted by atomic mass is 9.83. The van der Waals surface area contributed by atoms with Gasteiger partial charge in [-0.3, -0.25) is 9.59 Å². The SMILES string of the molecule is O=C(NCc1cscn1)C1CC(=O)C2CCCc3ccn(c32)C1. The molecule has 1 aliphatic heterocycles. The molecule has 5 nitrogen and oxygen atoms in total. The molecule has 23 heavy (non-hydrogen) atoms. The maximum absolute atomic E-state index is 12.6. The molecule has 0 saturated carbocycles. The summed E-state index contributed by atoms with van der Waals surface area (Å²) in [5.41, 5.74) is 5.07. The Labute approximate surface area is 138 Å². The maximum Gasteiger partial charge on any atom is 0.225 e. The molecule has 0 aromatic carbocycles. The number of hydrogen-bond donors (Lipinski definition) is 1. The van der Waals surface area contributed by atoms with E-state index in [0.29, 0.717) is 19.5 Å². The summed E-state index contributed by atoms with van der Waals surface area (Å²) in [5.74, 6) is -0.127. The molecule has 6 heteroatoms. The Morgan fingerprint density at radius 2 is 2.39 bits per heavy atom. The molecule has 2 aromatic rings. The molecule has 0 spiro atoms. The van der Waals surface area contributed by atoms with Gasteiger partial charge in [0.2, 0.25) is 5.91 Å². The molecule has 0 saturated heterocycles. The van der Waals surface area contributed by atoms with Gasteiger partial charge in [-0.15, -0.1) is 11.3 Å². The van der Waals surface area contributed by atoms with Gasteiger partial charge in [-0.1, -0.05) is 0 Å². The normalized spacial score (nSPS) is 23.2. The third kappa shape index (κ3) is 2.72. The van der Waals surface area contributed by atoms with E-state index in [0.717, 1.165) is 30.7 Å². The first kappa shape index (κ1) is 14.6. The smallest absolute Gasteiger partial charge is 0.225 e. The van der Waals surface area contributed by atoms with Crippen molar-refractivity contribution in [2.45, 2.75) is 44.7 Å². The summed E-state index contributed by atoms with van der Waals surface area (Å²) in [7, 11) is 0. The molecular formula is C17H19N3O2S. The van der Waals surface area contributed by atoms with E-state index >= 15 is 0 Å². The summed E-state index contributed by atoms with van der Waals surface area (Å²) < 4.78 is 2.14. The largest absolute Gasteiger partial charge is 0.350 e. The Morgan fingerprint density at radius 3 is 3.22 bits per heavy atom. The Hall–Kier alpha value is -1.95. The van der Waals surface area contributed by atoms with Gasteiger partial charge in [-0.05, 0) is 30.9 Å². The van der Waals surface area contributed by atoms with E-state index in [1.807, 2.05) is 11.6 Å². The van der Waals surface area contributed by atoms with Gasteiger partial charge in [0.05, 0.1) is 29.6 Å². The Bertz CT molecular complexity index is 735. The Balaban J connectivity index is 1.52. The van der Waals surface area contributed by atoms with E-state index in [4.69, 9.17) is 0 Å². The van der Waals surface area contributed by atoms with Crippen molar-refractivity contribution in [2.24, 2.45) is 5.92 Å². The average Bonchev–Trinajstić information content (AvgIpc) is 3.18. The average molecular weight is 329 g/mol. The van der Waals surface area contributed by atoms with E-state index < -0.39 is 0 Å². The first-order valence-electron chi connectivity index (χ1n) is 8.08. The number of ketones is 1. The van der Waals surface area contributed by atoms with Crippen molar-refractivity contribution in [3.05, 3.63) is 40.1 Å². The Morgan fingerprint density at radius 1 is 1.48 bits per heavy atom. The lowest BCUT2D eigenvalue weighted by Crippen LogP contribution is -2.33. The quantitative estimate of drug-likeness (QED) is 0.939. The third-order valence-electron chi connectivity index (χ3n) is 4.91. The van der Waals surface area contributed by atoms with Crippen LogP contribution in [0, 0.1) is 5.92 Å². The van der Waals surface area contributed by atoms with Gasteiger partial charge in [0.15, 0.2) is 0 Å². The van der Waals surface area contributed by atoms with Gasteiger partial charge >= 0.3 is 0 Å². The van der Waals surface area contributed by atoms with Gasteiger partial charge in [-0.2, -0.15) is 0 Å². The highest BCUT2D eigenvalue weighted by Crippen LogP contribution is 2.37. The predicted molar refractivity (Wildman–Crippen MR) is 87.2 cm³/mol. The molecule has 1 aliphatic carbocycles. The highest BCUT2D eigenvalue weighted by Gasteiger charge is 2.36. The van der Waals surface area contributed by atoms with Crippen LogP contribution in [0.3, 0.4) is 0 Å². The summed E-state index contributed by atoms with van der Waals surface area (Å²) >= 11 is 1.51. The van der Waals surface area contributed by atoms with E-state index in [2.05, 4.69) is 20.9 Å². The number of carbonyl (C=O) groups excluding carboxylic acids is 2. The van der Waals surface area contributed by atoms with Crippen molar-refractivity contribution < 1.29 is 9.59 Å². The van der Waals surface area contributed by atoms with E-state index in [9.17, 15) is 9.59 Å². The first-order chi connectivity index (χ1) is 11.2. The summed E-state index contributed by atoms with van der Waals surface area (Å²) in [5, 5.41) is 4.85. The van der Waals surface area contributed by atoms with Gasteiger partial charge in [0.1, 0.15) is 5.78 Å². The second-order valence-corrected chi connectivity index (χ2v) is 7.11. The summed E-state index contributed by atoms with van der Waals surface area (Å²) in [4.78, 5) is 29.3. The van der Waals surface area contributed by atoms with Crippen LogP contribution in [0.15, 0.2) is 23.2 Å². The fourth-order valence-electron chi connectivity index (χ4n) is 3.78. The number of amides is 1. The molecule has 2 aliphatic rings. The lowest BCUT2D eigenvalue weighted by Gasteiger charge is -2.21. The molecule has 120 valence electrons. The zero-order chi connectivity index (χ0) is 15.8.